The first-order valence-electron chi connectivity index (χ1n) is 6.55. The van der Waals surface area contributed by atoms with Crippen molar-refractivity contribution in [2.75, 3.05) is 0 Å². The fourth-order valence-electron chi connectivity index (χ4n) is 2.89. The van der Waals surface area contributed by atoms with Gasteiger partial charge in [0.25, 0.3) is 0 Å². The third-order valence-electron chi connectivity index (χ3n) is 3.75. The molecule has 2 aromatic carbocycles. The van der Waals surface area contributed by atoms with Crippen LogP contribution in [0.3, 0.4) is 0 Å². The van der Waals surface area contributed by atoms with E-state index in [1.807, 2.05) is 12.3 Å². The molecule has 0 fully saturated rings. The third-order valence-corrected chi connectivity index (χ3v) is 3.75. The molecule has 1 heteroatoms. The molecule has 0 radical (unpaired) electrons. The second-order valence-electron chi connectivity index (χ2n) is 4.89. The Bertz CT molecular complexity index is 745. The topological polar surface area (TPSA) is 12.9 Å². The molecule has 0 saturated carbocycles. The van der Waals surface area contributed by atoms with Crippen molar-refractivity contribution in [2.24, 2.45) is 0 Å². The van der Waals surface area contributed by atoms with Gasteiger partial charge in [0, 0.05) is 17.3 Å². The monoisotopic (exact) mass is 243 g/mol. The highest BCUT2D eigenvalue weighted by molar-refractivity contribution is 5.88. The molecular weight excluding hydrogens is 230 g/mol. The summed E-state index contributed by atoms with van der Waals surface area (Å²) in [7, 11) is 0. The maximum absolute atomic E-state index is 4.62. The average Bonchev–Trinajstić information content (AvgIpc) is 2.86. The number of pyridine rings is 1. The maximum atomic E-state index is 4.62. The van der Waals surface area contributed by atoms with E-state index in [1.54, 1.807) is 0 Å². The Kier molecular flexibility index (Phi) is 2.25. The summed E-state index contributed by atoms with van der Waals surface area (Å²) in [5, 5.41) is 0. The van der Waals surface area contributed by atoms with Crippen LogP contribution in [0.2, 0.25) is 0 Å². The first-order valence-corrected chi connectivity index (χ1v) is 6.55. The molecular formula is C18H13N. The van der Waals surface area contributed by atoms with Gasteiger partial charge in [-0.3, -0.25) is 4.98 Å². The van der Waals surface area contributed by atoms with Gasteiger partial charge in [0.2, 0.25) is 0 Å². The molecule has 1 nitrogen and oxygen atoms in total. The Morgan fingerprint density at radius 2 is 1.53 bits per heavy atom. The van der Waals surface area contributed by atoms with Crippen LogP contribution in [0.5, 0.6) is 0 Å². The minimum absolute atomic E-state index is 1.02. The summed E-state index contributed by atoms with van der Waals surface area (Å²) in [6.45, 7) is 0. The zero-order valence-corrected chi connectivity index (χ0v) is 10.5. The number of fused-ring (bicyclic) bond motifs is 3. The van der Waals surface area contributed by atoms with Crippen molar-refractivity contribution < 1.29 is 0 Å². The molecule has 1 aliphatic carbocycles. The van der Waals surface area contributed by atoms with Crippen molar-refractivity contribution in [3.8, 4) is 22.4 Å². The highest BCUT2D eigenvalue weighted by Crippen LogP contribution is 2.41. The number of hydrogen-bond acceptors (Lipinski definition) is 1. The second-order valence-corrected chi connectivity index (χ2v) is 4.89. The number of rotatable bonds is 1. The molecule has 0 saturated heterocycles. The molecule has 4 rings (SSSR count). The standard InChI is InChI=1S/C18H13N/c1-2-6-13(7-3-1)18-17-15(10-11-19-18)12-14-8-4-5-9-16(14)17/h1-11H,12H2. The third kappa shape index (κ3) is 1.59. The lowest BCUT2D eigenvalue weighted by Crippen LogP contribution is -1.89. The summed E-state index contributed by atoms with van der Waals surface area (Å²) < 4.78 is 0. The van der Waals surface area contributed by atoms with Gasteiger partial charge in [-0.2, -0.15) is 0 Å². The van der Waals surface area contributed by atoms with E-state index in [0.29, 0.717) is 0 Å². The van der Waals surface area contributed by atoms with Crippen LogP contribution in [0.25, 0.3) is 22.4 Å². The van der Waals surface area contributed by atoms with E-state index in [-0.39, 0.29) is 0 Å². The van der Waals surface area contributed by atoms with Crippen LogP contribution >= 0.6 is 0 Å². The van der Waals surface area contributed by atoms with E-state index in [9.17, 15) is 0 Å². The lowest BCUT2D eigenvalue weighted by atomic mass is 9.99. The van der Waals surface area contributed by atoms with Crippen molar-refractivity contribution >= 4 is 0 Å². The second kappa shape index (κ2) is 4.06. The van der Waals surface area contributed by atoms with Gasteiger partial charge in [-0.1, -0.05) is 54.6 Å². The summed E-state index contributed by atoms with van der Waals surface area (Å²) >= 11 is 0. The fraction of sp³-hybridized carbons (Fsp3) is 0.0556. The highest BCUT2D eigenvalue weighted by Gasteiger charge is 2.21. The smallest absolute Gasteiger partial charge is 0.0783 e. The van der Waals surface area contributed by atoms with Crippen LogP contribution in [0.1, 0.15) is 11.1 Å². The van der Waals surface area contributed by atoms with Gasteiger partial charge in [0.15, 0.2) is 0 Å². The lowest BCUT2D eigenvalue weighted by Gasteiger charge is -2.08. The number of hydrogen-bond donors (Lipinski definition) is 0. The minimum Gasteiger partial charge on any atom is -0.256 e. The van der Waals surface area contributed by atoms with E-state index in [1.165, 1.54) is 27.8 Å². The highest BCUT2D eigenvalue weighted by atomic mass is 14.7. The van der Waals surface area contributed by atoms with Gasteiger partial charge in [-0.25, -0.2) is 0 Å². The predicted octanol–water partition coefficient (Wildman–Crippen LogP) is 4.32. The Hall–Kier alpha value is -2.41. The maximum Gasteiger partial charge on any atom is 0.0783 e. The van der Waals surface area contributed by atoms with E-state index in [4.69, 9.17) is 0 Å². The molecule has 19 heavy (non-hydrogen) atoms. The fourth-order valence-corrected chi connectivity index (χ4v) is 2.89. The largest absolute Gasteiger partial charge is 0.256 e. The molecule has 0 amide bonds. The molecule has 0 bridgehead atoms. The van der Waals surface area contributed by atoms with Gasteiger partial charge in [-0.15, -0.1) is 0 Å². The molecule has 90 valence electrons. The summed E-state index contributed by atoms with van der Waals surface area (Å²) in [6, 6.07) is 21.2. The Morgan fingerprint density at radius 3 is 2.42 bits per heavy atom. The van der Waals surface area contributed by atoms with Crippen molar-refractivity contribution in [3.05, 3.63) is 78.0 Å². The van der Waals surface area contributed by atoms with E-state index in [2.05, 4.69) is 59.6 Å². The van der Waals surface area contributed by atoms with Crippen LogP contribution in [0.15, 0.2) is 66.9 Å². The van der Waals surface area contributed by atoms with Gasteiger partial charge in [-0.05, 0) is 29.2 Å². The number of nitrogens with zero attached hydrogens (tertiary/aromatic N) is 1. The molecule has 3 aromatic rings. The average molecular weight is 243 g/mol. The van der Waals surface area contributed by atoms with Crippen LogP contribution in [0.4, 0.5) is 0 Å². The normalized spacial score (nSPS) is 12.0. The minimum atomic E-state index is 1.02. The Labute approximate surface area is 112 Å². The molecule has 0 atom stereocenters. The van der Waals surface area contributed by atoms with Crippen molar-refractivity contribution in [3.63, 3.8) is 0 Å². The quantitative estimate of drug-likeness (QED) is 0.485. The molecule has 0 unspecified atom stereocenters. The van der Waals surface area contributed by atoms with Gasteiger partial charge in [0.1, 0.15) is 0 Å². The molecule has 0 aliphatic heterocycles. The van der Waals surface area contributed by atoms with Gasteiger partial charge >= 0.3 is 0 Å². The Balaban J connectivity index is 2.01. The number of benzene rings is 2. The summed E-state index contributed by atoms with van der Waals surface area (Å²) in [4.78, 5) is 4.62. The molecule has 0 spiro atoms. The summed E-state index contributed by atoms with van der Waals surface area (Å²) in [6.07, 6.45) is 2.95. The predicted molar refractivity (Wildman–Crippen MR) is 77.9 cm³/mol. The van der Waals surface area contributed by atoms with Gasteiger partial charge < -0.3 is 0 Å². The zero-order valence-electron chi connectivity index (χ0n) is 10.5. The SMILES string of the molecule is c1ccc(-c2nccc3c2-c2ccccc2C3)cc1. The van der Waals surface area contributed by atoms with Crippen LogP contribution in [0, 0.1) is 0 Å². The first-order chi connectivity index (χ1) is 9.43. The zero-order chi connectivity index (χ0) is 12.7. The summed E-state index contributed by atoms with van der Waals surface area (Å²) in [5.41, 5.74) is 7.73. The van der Waals surface area contributed by atoms with E-state index >= 15 is 0 Å². The van der Waals surface area contributed by atoms with Crippen LogP contribution in [-0.2, 0) is 6.42 Å². The van der Waals surface area contributed by atoms with Gasteiger partial charge in [0.05, 0.1) is 5.69 Å². The molecule has 1 heterocycles. The molecule has 1 aliphatic rings. The summed E-state index contributed by atoms with van der Waals surface area (Å²) in [5.74, 6) is 0. The van der Waals surface area contributed by atoms with Crippen molar-refractivity contribution in [1.82, 2.24) is 4.98 Å². The van der Waals surface area contributed by atoms with E-state index in [0.717, 1.165) is 12.1 Å². The van der Waals surface area contributed by atoms with Crippen molar-refractivity contribution in [1.29, 1.82) is 0 Å². The number of aromatic nitrogens is 1. The van der Waals surface area contributed by atoms with Crippen LogP contribution < -0.4 is 0 Å². The van der Waals surface area contributed by atoms with Crippen LogP contribution in [-0.4, -0.2) is 4.98 Å². The lowest BCUT2D eigenvalue weighted by molar-refractivity contribution is 1.23. The molecule has 1 aromatic heterocycles. The Morgan fingerprint density at radius 1 is 0.737 bits per heavy atom. The van der Waals surface area contributed by atoms with E-state index < -0.39 is 0 Å². The molecule has 0 N–H and O–H groups in total. The first kappa shape index (κ1) is 10.5. The van der Waals surface area contributed by atoms with Crippen molar-refractivity contribution in [2.45, 2.75) is 6.42 Å².